The maximum absolute atomic E-state index is 9.36. The highest BCUT2D eigenvalue weighted by molar-refractivity contribution is 5.07. The highest BCUT2D eigenvalue weighted by atomic mass is 16.6. The van der Waals surface area contributed by atoms with Gasteiger partial charge in [-0.1, -0.05) is 6.92 Å². The molecule has 1 saturated carbocycles. The van der Waals surface area contributed by atoms with Gasteiger partial charge < -0.3 is 14.6 Å². The third-order valence-corrected chi connectivity index (χ3v) is 3.27. The van der Waals surface area contributed by atoms with Gasteiger partial charge in [0.05, 0.1) is 18.3 Å². The molecule has 2 heterocycles. The fraction of sp³-hybridized carbons (Fsp3) is 1.00. The molecule has 0 bridgehead atoms. The highest BCUT2D eigenvalue weighted by Crippen LogP contribution is 2.52. The van der Waals surface area contributed by atoms with E-state index < -0.39 is 6.29 Å². The molecule has 0 spiro atoms. The van der Waals surface area contributed by atoms with Gasteiger partial charge in [0.15, 0.2) is 6.29 Å². The normalized spacial score (nSPS) is 66.0. The molecule has 62 valence electrons. The molecule has 0 aromatic heterocycles. The van der Waals surface area contributed by atoms with Gasteiger partial charge in [0.2, 0.25) is 0 Å². The Morgan fingerprint density at radius 2 is 2.09 bits per heavy atom. The molecule has 2 aliphatic heterocycles. The van der Waals surface area contributed by atoms with Crippen LogP contribution in [0.2, 0.25) is 0 Å². The van der Waals surface area contributed by atoms with Crippen molar-refractivity contribution in [2.75, 3.05) is 0 Å². The number of rotatable bonds is 0. The summed E-state index contributed by atoms with van der Waals surface area (Å²) in [7, 11) is 0. The lowest BCUT2D eigenvalue weighted by Crippen LogP contribution is -2.20. The summed E-state index contributed by atoms with van der Waals surface area (Å²) >= 11 is 0. The lowest BCUT2D eigenvalue weighted by molar-refractivity contribution is -0.107. The molecule has 0 aromatic carbocycles. The second kappa shape index (κ2) is 1.79. The molecule has 3 nitrogen and oxygen atoms in total. The quantitative estimate of drug-likeness (QED) is 0.507. The Labute approximate surface area is 65.3 Å². The van der Waals surface area contributed by atoms with Crippen LogP contribution in [0.3, 0.4) is 0 Å². The molecule has 0 amide bonds. The van der Waals surface area contributed by atoms with E-state index in [1.54, 1.807) is 0 Å². The van der Waals surface area contributed by atoms with Crippen molar-refractivity contribution in [3.8, 4) is 0 Å². The minimum absolute atomic E-state index is 0.262. The molecule has 0 aromatic rings. The van der Waals surface area contributed by atoms with Crippen molar-refractivity contribution in [3.63, 3.8) is 0 Å². The molecule has 1 N–H and O–H groups in total. The van der Waals surface area contributed by atoms with Gasteiger partial charge in [0, 0.05) is 18.3 Å². The van der Waals surface area contributed by atoms with Crippen molar-refractivity contribution in [2.24, 2.45) is 11.8 Å². The maximum Gasteiger partial charge on any atom is 0.157 e. The van der Waals surface area contributed by atoms with E-state index >= 15 is 0 Å². The summed E-state index contributed by atoms with van der Waals surface area (Å²) in [6.45, 7) is 2.04. The van der Waals surface area contributed by atoms with E-state index in [9.17, 15) is 5.11 Å². The molecule has 6 unspecified atom stereocenters. The number of epoxide rings is 1. The zero-order valence-corrected chi connectivity index (χ0v) is 6.43. The molecular weight excluding hydrogens is 144 g/mol. The smallest absolute Gasteiger partial charge is 0.157 e. The summed E-state index contributed by atoms with van der Waals surface area (Å²) in [6.07, 6.45) is 1.60. The molecule has 11 heavy (non-hydrogen) atoms. The second-order valence-electron chi connectivity index (χ2n) is 3.88. The number of hydrogen-bond donors (Lipinski definition) is 1. The summed E-state index contributed by atoms with van der Waals surface area (Å²) in [6, 6.07) is 0. The van der Waals surface area contributed by atoms with E-state index in [-0.39, 0.29) is 12.0 Å². The van der Waals surface area contributed by atoms with Gasteiger partial charge in [-0.15, -0.1) is 0 Å². The summed E-state index contributed by atoms with van der Waals surface area (Å²) in [5.41, 5.74) is 0. The Morgan fingerprint density at radius 1 is 1.27 bits per heavy atom. The SMILES string of the molecule is CC1C(O)OC2CC3OC3C21. The van der Waals surface area contributed by atoms with Crippen LogP contribution in [0.5, 0.6) is 0 Å². The third-order valence-electron chi connectivity index (χ3n) is 3.27. The Hall–Kier alpha value is -0.120. The van der Waals surface area contributed by atoms with Crippen LogP contribution < -0.4 is 0 Å². The average Bonchev–Trinajstić information content (AvgIpc) is 2.53. The standard InChI is InChI=1S/C8H12O3/c1-3-6-4(11-8(3)9)2-5-7(6)10-5/h3-9H,2H2,1H3. The van der Waals surface area contributed by atoms with Gasteiger partial charge in [-0.3, -0.25) is 0 Å². The number of aliphatic hydroxyl groups excluding tert-OH is 1. The first kappa shape index (κ1) is 6.40. The molecule has 2 saturated heterocycles. The van der Waals surface area contributed by atoms with Crippen molar-refractivity contribution < 1.29 is 14.6 Å². The number of aliphatic hydroxyl groups is 1. The van der Waals surface area contributed by atoms with Crippen molar-refractivity contribution in [2.45, 2.75) is 37.9 Å². The Bertz CT molecular complexity index is 192. The van der Waals surface area contributed by atoms with Crippen LogP contribution >= 0.6 is 0 Å². The minimum atomic E-state index is -0.546. The van der Waals surface area contributed by atoms with Crippen LogP contribution in [-0.4, -0.2) is 29.7 Å². The summed E-state index contributed by atoms with van der Waals surface area (Å²) < 4.78 is 10.8. The average molecular weight is 156 g/mol. The van der Waals surface area contributed by atoms with Crippen LogP contribution in [0, 0.1) is 11.8 Å². The Balaban J connectivity index is 1.87. The van der Waals surface area contributed by atoms with Crippen LogP contribution in [0.25, 0.3) is 0 Å². The van der Waals surface area contributed by atoms with Crippen molar-refractivity contribution in [1.29, 1.82) is 0 Å². The van der Waals surface area contributed by atoms with Crippen LogP contribution in [0.4, 0.5) is 0 Å². The fourth-order valence-corrected chi connectivity index (χ4v) is 2.56. The molecule has 0 radical (unpaired) electrons. The van der Waals surface area contributed by atoms with E-state index in [1.807, 2.05) is 6.92 Å². The van der Waals surface area contributed by atoms with Crippen LogP contribution in [0.1, 0.15) is 13.3 Å². The first-order valence-electron chi connectivity index (χ1n) is 4.26. The predicted molar refractivity (Wildman–Crippen MR) is 36.8 cm³/mol. The van der Waals surface area contributed by atoms with Gasteiger partial charge in [-0.05, 0) is 0 Å². The van der Waals surface area contributed by atoms with E-state index in [1.165, 1.54) is 0 Å². The molecule has 6 atom stereocenters. The predicted octanol–water partition coefficient (Wildman–Crippen LogP) is 0.127. The van der Waals surface area contributed by atoms with Gasteiger partial charge in [0.1, 0.15) is 0 Å². The fourth-order valence-electron chi connectivity index (χ4n) is 2.56. The number of fused-ring (bicyclic) bond motifs is 3. The zero-order chi connectivity index (χ0) is 7.59. The molecule has 3 fully saturated rings. The van der Waals surface area contributed by atoms with E-state index in [4.69, 9.17) is 9.47 Å². The summed E-state index contributed by atoms with van der Waals surface area (Å²) in [5, 5.41) is 9.36. The molecule has 3 rings (SSSR count). The first-order chi connectivity index (χ1) is 5.27. The number of ether oxygens (including phenoxy) is 2. The van der Waals surface area contributed by atoms with Crippen molar-refractivity contribution in [1.82, 2.24) is 0 Å². The largest absolute Gasteiger partial charge is 0.369 e. The van der Waals surface area contributed by atoms with Crippen LogP contribution in [0.15, 0.2) is 0 Å². The van der Waals surface area contributed by atoms with E-state index in [0.29, 0.717) is 18.1 Å². The maximum atomic E-state index is 9.36. The van der Waals surface area contributed by atoms with Gasteiger partial charge in [0.25, 0.3) is 0 Å². The summed E-state index contributed by atoms with van der Waals surface area (Å²) in [4.78, 5) is 0. The molecule has 3 aliphatic rings. The van der Waals surface area contributed by atoms with Gasteiger partial charge in [-0.25, -0.2) is 0 Å². The van der Waals surface area contributed by atoms with Crippen molar-refractivity contribution in [3.05, 3.63) is 0 Å². The highest BCUT2D eigenvalue weighted by Gasteiger charge is 2.62. The monoisotopic (exact) mass is 156 g/mol. The lowest BCUT2D eigenvalue weighted by Gasteiger charge is -2.12. The molecule has 1 aliphatic carbocycles. The third kappa shape index (κ3) is 0.687. The lowest BCUT2D eigenvalue weighted by atomic mass is 9.93. The summed E-state index contributed by atoms with van der Waals surface area (Å²) in [5.74, 6) is 0.729. The zero-order valence-electron chi connectivity index (χ0n) is 6.43. The minimum Gasteiger partial charge on any atom is -0.369 e. The molecule has 3 heteroatoms. The second-order valence-corrected chi connectivity index (χ2v) is 3.88. The topological polar surface area (TPSA) is 42.0 Å². The van der Waals surface area contributed by atoms with Crippen LogP contribution in [-0.2, 0) is 9.47 Å². The van der Waals surface area contributed by atoms with Gasteiger partial charge >= 0.3 is 0 Å². The molecular formula is C8H12O3. The first-order valence-corrected chi connectivity index (χ1v) is 4.26. The van der Waals surface area contributed by atoms with E-state index in [2.05, 4.69) is 0 Å². The van der Waals surface area contributed by atoms with Gasteiger partial charge in [-0.2, -0.15) is 0 Å². The van der Waals surface area contributed by atoms with E-state index in [0.717, 1.165) is 6.42 Å². The van der Waals surface area contributed by atoms with Crippen molar-refractivity contribution >= 4 is 0 Å². The number of hydrogen-bond acceptors (Lipinski definition) is 3. The Morgan fingerprint density at radius 3 is 2.82 bits per heavy atom. The Kier molecular flexibility index (Phi) is 1.04.